The van der Waals surface area contributed by atoms with Gasteiger partial charge < -0.3 is 17.9 Å². The first kappa shape index (κ1) is 14.2. The molecule has 2 rings (SSSR count). The minimum absolute atomic E-state index is 0. The molecule has 0 saturated carbocycles. The molecular formula is C9H7BF4KN. The first-order chi connectivity index (χ1) is 6.89. The van der Waals surface area contributed by atoms with Crippen LogP contribution in [0, 0.1) is 12.7 Å². The Bertz CT molecular complexity index is 520. The van der Waals surface area contributed by atoms with Gasteiger partial charge in [-0.2, -0.15) is 0 Å². The van der Waals surface area contributed by atoms with E-state index < -0.39 is 18.3 Å². The number of H-pyrrole nitrogens is 1. The Balaban J connectivity index is 0.00000128. The van der Waals surface area contributed by atoms with Crippen molar-refractivity contribution >= 4 is 23.3 Å². The molecule has 7 heteroatoms. The predicted octanol–water partition coefficient (Wildman–Crippen LogP) is -0.326. The zero-order chi connectivity index (χ0) is 11.2. The molecule has 16 heavy (non-hydrogen) atoms. The van der Waals surface area contributed by atoms with Gasteiger partial charge in [-0.1, -0.05) is 11.5 Å². The van der Waals surface area contributed by atoms with E-state index in [4.69, 9.17) is 0 Å². The van der Waals surface area contributed by atoms with Gasteiger partial charge in [-0.05, 0) is 24.4 Å². The number of aromatic amines is 1. The fourth-order valence-corrected chi connectivity index (χ4v) is 1.63. The van der Waals surface area contributed by atoms with Crippen LogP contribution in [0.4, 0.5) is 17.3 Å². The average Bonchev–Trinajstić information content (AvgIpc) is 2.45. The number of aromatic nitrogens is 1. The maximum absolute atomic E-state index is 13.2. The van der Waals surface area contributed by atoms with Gasteiger partial charge in [0.15, 0.2) is 0 Å². The molecule has 0 saturated heterocycles. The van der Waals surface area contributed by atoms with Gasteiger partial charge in [-0.3, -0.25) is 0 Å². The summed E-state index contributed by atoms with van der Waals surface area (Å²) in [7, 11) is 0. The van der Waals surface area contributed by atoms with E-state index in [1.807, 2.05) is 0 Å². The molecule has 0 atom stereocenters. The molecule has 0 aliphatic carbocycles. The summed E-state index contributed by atoms with van der Waals surface area (Å²) < 4.78 is 50.9. The van der Waals surface area contributed by atoms with E-state index in [-0.39, 0.29) is 62.3 Å². The third-order valence-electron chi connectivity index (χ3n) is 2.26. The van der Waals surface area contributed by atoms with Gasteiger partial charge in [0.2, 0.25) is 0 Å². The molecule has 0 spiro atoms. The summed E-state index contributed by atoms with van der Waals surface area (Å²) in [4.78, 5) is 2.57. The van der Waals surface area contributed by atoms with Crippen molar-refractivity contribution in [2.75, 3.05) is 0 Å². The molecule has 0 fully saturated rings. The number of nitrogens with one attached hydrogen (secondary N) is 1. The minimum atomic E-state index is -5.10. The van der Waals surface area contributed by atoms with Crippen LogP contribution in [-0.2, 0) is 0 Å². The fraction of sp³-hybridized carbons (Fsp3) is 0.111. The third-order valence-corrected chi connectivity index (χ3v) is 2.26. The molecule has 1 N–H and O–H groups in total. The summed E-state index contributed by atoms with van der Waals surface area (Å²) in [5.74, 6) is -0.665. The third kappa shape index (κ3) is 2.53. The van der Waals surface area contributed by atoms with Crippen LogP contribution in [0.1, 0.15) is 5.69 Å². The van der Waals surface area contributed by atoms with Gasteiger partial charge in [0.25, 0.3) is 0 Å². The molecule has 0 amide bonds. The summed E-state index contributed by atoms with van der Waals surface area (Å²) >= 11 is 0. The van der Waals surface area contributed by atoms with Crippen molar-refractivity contribution in [3.8, 4) is 0 Å². The van der Waals surface area contributed by atoms with Crippen molar-refractivity contribution in [3.63, 3.8) is 0 Å². The van der Waals surface area contributed by atoms with Crippen molar-refractivity contribution in [2.24, 2.45) is 0 Å². The molecule has 0 aliphatic rings. The van der Waals surface area contributed by atoms with E-state index in [0.717, 1.165) is 12.1 Å². The molecule has 1 aromatic heterocycles. The monoisotopic (exact) mass is 255 g/mol. The number of halogens is 4. The van der Waals surface area contributed by atoms with Crippen LogP contribution in [0.15, 0.2) is 18.2 Å². The second-order valence-electron chi connectivity index (χ2n) is 3.45. The second kappa shape index (κ2) is 4.81. The number of benzene rings is 1. The Morgan fingerprint density at radius 1 is 1.19 bits per heavy atom. The fourth-order valence-electron chi connectivity index (χ4n) is 1.63. The largest absolute Gasteiger partial charge is 1.00 e. The molecule has 1 aromatic carbocycles. The molecule has 80 valence electrons. The zero-order valence-corrected chi connectivity index (χ0v) is 11.9. The van der Waals surface area contributed by atoms with Crippen LogP contribution >= 0.6 is 0 Å². The number of hydrogen-bond donors (Lipinski definition) is 1. The predicted molar refractivity (Wildman–Crippen MR) is 51.7 cm³/mol. The van der Waals surface area contributed by atoms with Crippen molar-refractivity contribution in [1.82, 2.24) is 4.98 Å². The van der Waals surface area contributed by atoms with Gasteiger partial charge in [-0.15, -0.1) is 0 Å². The smallest absolute Gasteiger partial charge is 0.445 e. The van der Waals surface area contributed by atoms with Gasteiger partial charge in [0.1, 0.15) is 5.82 Å². The second-order valence-corrected chi connectivity index (χ2v) is 3.45. The molecule has 0 aliphatic heterocycles. The Kier molecular flexibility index (Phi) is 4.29. The van der Waals surface area contributed by atoms with Crippen LogP contribution in [0.5, 0.6) is 0 Å². The zero-order valence-electron chi connectivity index (χ0n) is 8.82. The van der Waals surface area contributed by atoms with Crippen molar-refractivity contribution in [2.45, 2.75) is 6.92 Å². The number of fused-ring (bicyclic) bond motifs is 1. The molecule has 0 radical (unpaired) electrons. The standard InChI is InChI=1S/C9H7BF4N.K/c1-5-4-6-7(10(12,13)14)2-3-8(11)9(6)15-5;/h2-4,15H,1H3;/q-1;+1. The Labute approximate surface area is 132 Å². The van der Waals surface area contributed by atoms with E-state index in [9.17, 15) is 17.3 Å². The maximum Gasteiger partial charge on any atom is 1.00 e. The molecule has 0 unspecified atom stereocenters. The van der Waals surface area contributed by atoms with E-state index >= 15 is 0 Å². The van der Waals surface area contributed by atoms with Crippen LogP contribution in [0.2, 0.25) is 0 Å². The number of rotatable bonds is 1. The quantitative estimate of drug-likeness (QED) is 0.530. The maximum atomic E-state index is 13.2. The van der Waals surface area contributed by atoms with E-state index in [1.165, 1.54) is 6.07 Å². The van der Waals surface area contributed by atoms with Gasteiger partial charge in [0.05, 0.1) is 5.52 Å². The van der Waals surface area contributed by atoms with Crippen molar-refractivity contribution in [1.29, 1.82) is 0 Å². The molecule has 0 bridgehead atoms. The summed E-state index contributed by atoms with van der Waals surface area (Å²) in [6.45, 7) is -3.51. The van der Waals surface area contributed by atoms with E-state index in [0.29, 0.717) is 5.69 Å². The number of aryl methyl sites for hydroxylation is 1. The average molecular weight is 255 g/mol. The van der Waals surface area contributed by atoms with Gasteiger partial charge in [-0.25, -0.2) is 4.39 Å². The summed E-state index contributed by atoms with van der Waals surface area (Å²) in [5, 5.41) is -0.0972. The van der Waals surface area contributed by atoms with Crippen LogP contribution < -0.4 is 56.8 Å². The van der Waals surface area contributed by atoms with Crippen LogP contribution in [0.3, 0.4) is 0 Å². The molecular weight excluding hydrogens is 248 g/mol. The SMILES string of the molecule is Cc1cc2c([B-](F)(F)F)ccc(F)c2[nH]1.[K+]. The molecule has 1 heterocycles. The number of hydrogen-bond acceptors (Lipinski definition) is 0. The summed E-state index contributed by atoms with van der Waals surface area (Å²) in [5.41, 5.74) is -0.323. The van der Waals surface area contributed by atoms with Gasteiger partial charge >= 0.3 is 58.4 Å². The summed E-state index contributed by atoms with van der Waals surface area (Å²) in [6, 6.07) is 2.93. The normalized spacial score (nSPS) is 11.6. The first-order valence-electron chi connectivity index (χ1n) is 4.37. The van der Waals surface area contributed by atoms with Crippen LogP contribution in [-0.4, -0.2) is 12.0 Å². The van der Waals surface area contributed by atoms with Crippen LogP contribution in [0.25, 0.3) is 10.9 Å². The Morgan fingerprint density at radius 2 is 1.81 bits per heavy atom. The van der Waals surface area contributed by atoms with Gasteiger partial charge in [0, 0.05) is 5.69 Å². The Morgan fingerprint density at radius 3 is 2.38 bits per heavy atom. The minimum Gasteiger partial charge on any atom is -0.445 e. The topological polar surface area (TPSA) is 15.8 Å². The van der Waals surface area contributed by atoms with E-state index in [2.05, 4.69) is 4.98 Å². The van der Waals surface area contributed by atoms with Crippen molar-refractivity contribution in [3.05, 3.63) is 29.7 Å². The molecule has 1 nitrogen and oxygen atoms in total. The van der Waals surface area contributed by atoms with Crippen molar-refractivity contribution < 1.29 is 68.7 Å². The summed E-state index contributed by atoms with van der Waals surface area (Å²) in [6.07, 6.45) is 0. The van der Waals surface area contributed by atoms with E-state index in [1.54, 1.807) is 6.92 Å². The Hall–Kier alpha value is 0.181. The first-order valence-corrected chi connectivity index (χ1v) is 4.37. The molecule has 2 aromatic rings.